The molecule has 1 aliphatic heterocycles. The Morgan fingerprint density at radius 2 is 1.75 bits per heavy atom. The maximum Gasteiger partial charge on any atom is 2.00 e. The van der Waals surface area contributed by atoms with Crippen molar-refractivity contribution in [2.24, 2.45) is 0 Å². The van der Waals surface area contributed by atoms with Crippen molar-refractivity contribution in [1.82, 2.24) is 5.32 Å². The molecule has 6 nitrogen and oxygen atoms in total. The molecule has 8 heteroatoms. The van der Waals surface area contributed by atoms with Gasteiger partial charge in [0.1, 0.15) is 0 Å². The first-order valence-electron chi connectivity index (χ1n) is 2.83. The second-order valence-electron chi connectivity index (χ2n) is 1.86. The summed E-state index contributed by atoms with van der Waals surface area (Å²) >= 11 is 0. The molecule has 73 valence electrons. The van der Waals surface area contributed by atoms with Crippen LogP contribution in [0.3, 0.4) is 0 Å². The predicted octanol–water partition coefficient (Wildman–Crippen LogP) is -1.44. The monoisotopic (exact) mass is 240 g/mol. The third-order valence-corrected chi connectivity index (χ3v) is 0.903. The molecule has 12 heavy (non-hydrogen) atoms. The summed E-state index contributed by atoms with van der Waals surface area (Å²) in [4.78, 5) is 10.1. The molecule has 0 aromatic heterocycles. The molecule has 1 amide bonds. The Morgan fingerprint density at radius 3 is 1.83 bits per heavy atom. The number of hydrogen-bond donors (Lipinski definition) is 1. The van der Waals surface area contributed by atoms with Gasteiger partial charge in [-0.3, -0.25) is 13.2 Å². The van der Waals surface area contributed by atoms with Crippen molar-refractivity contribution in [3.05, 3.63) is 0 Å². The van der Waals surface area contributed by atoms with Crippen LogP contribution in [0.15, 0.2) is 0 Å². The van der Waals surface area contributed by atoms with Crippen molar-refractivity contribution in [2.45, 2.75) is 12.8 Å². The van der Waals surface area contributed by atoms with Crippen LogP contribution in [0.25, 0.3) is 0 Å². The van der Waals surface area contributed by atoms with E-state index in [1.807, 2.05) is 0 Å². The van der Waals surface area contributed by atoms with Crippen LogP contribution in [0.5, 0.6) is 0 Å². The Kier molecular flexibility index (Phi) is 7.63. The van der Waals surface area contributed by atoms with E-state index in [0.29, 0.717) is 0 Å². The molecule has 1 saturated heterocycles. The number of amides is 1. The Labute approximate surface area is 80.5 Å². The van der Waals surface area contributed by atoms with E-state index >= 15 is 0 Å². The molecule has 0 spiro atoms. The molecule has 1 N–H and O–H groups in total. The molecule has 0 aromatic carbocycles. The number of rotatable bonds is 0. The van der Waals surface area contributed by atoms with Crippen LogP contribution in [0, 0.1) is 0 Å². The second-order valence-corrected chi connectivity index (χ2v) is 2.68. The van der Waals surface area contributed by atoms with Crippen LogP contribution in [-0.4, -0.2) is 30.0 Å². The maximum atomic E-state index is 10.1. The Morgan fingerprint density at radius 1 is 1.33 bits per heavy atom. The van der Waals surface area contributed by atoms with E-state index in [4.69, 9.17) is 17.5 Å². The summed E-state index contributed by atoms with van der Waals surface area (Å²) < 4.78 is 34.1. The Balaban J connectivity index is 0. The smallest absolute Gasteiger partial charge is 0.759 e. The van der Waals surface area contributed by atoms with Gasteiger partial charge in [0.25, 0.3) is 0 Å². The van der Waals surface area contributed by atoms with E-state index in [2.05, 4.69) is 5.32 Å². The summed E-state index contributed by atoms with van der Waals surface area (Å²) in [6, 6.07) is 0. The summed E-state index contributed by atoms with van der Waals surface area (Å²) in [5.74, 6) is 0.204. The Hall–Kier alpha value is -0.154. The minimum Gasteiger partial charge on any atom is -0.759 e. The average Bonchev–Trinajstić information content (AvgIpc) is 2.12. The summed E-state index contributed by atoms with van der Waals surface area (Å²) in [5, 5.41) is 2.68. The zero-order chi connectivity index (χ0) is 8.91. The van der Waals surface area contributed by atoms with E-state index in [1.54, 1.807) is 0 Å². The minimum atomic E-state index is -5.17. The molecule has 0 unspecified atom stereocenters. The molecule has 1 radical (unpaired) electrons. The van der Waals surface area contributed by atoms with Crippen molar-refractivity contribution in [3.63, 3.8) is 0 Å². The van der Waals surface area contributed by atoms with Gasteiger partial charge >= 0.3 is 16.8 Å². The topological polar surface area (TPSA) is 109 Å². The van der Waals surface area contributed by atoms with E-state index < -0.39 is 10.4 Å². The van der Waals surface area contributed by atoms with Crippen molar-refractivity contribution in [3.8, 4) is 0 Å². The fourth-order valence-corrected chi connectivity index (χ4v) is 0.565. The molecule has 0 saturated carbocycles. The molecule has 1 aliphatic rings. The number of hydrogen-bond acceptors (Lipinski definition) is 5. The van der Waals surface area contributed by atoms with Crippen LogP contribution in [0.2, 0.25) is 0 Å². The molecule has 0 aromatic rings. The summed E-state index contributed by atoms with van der Waals surface area (Å²) in [6.07, 6.45) is 1.76. The predicted molar refractivity (Wildman–Crippen MR) is 32.7 cm³/mol. The molecular weight excluding hydrogens is 233 g/mol. The number of nitrogens with one attached hydrogen (secondary N) is 1. The second kappa shape index (κ2) is 6.37. The first-order valence-corrected chi connectivity index (χ1v) is 4.16. The fraction of sp³-hybridized carbons (Fsp3) is 0.750. The SMILES string of the molecule is O=C1CCCN1.O=S(=O)([O-])[O-].[Co+2]. The van der Waals surface area contributed by atoms with Crippen molar-refractivity contribution in [2.75, 3.05) is 6.54 Å². The van der Waals surface area contributed by atoms with Gasteiger partial charge in [0.2, 0.25) is 5.91 Å². The van der Waals surface area contributed by atoms with E-state index in [0.717, 1.165) is 19.4 Å². The van der Waals surface area contributed by atoms with E-state index in [-0.39, 0.29) is 22.7 Å². The van der Waals surface area contributed by atoms with Gasteiger partial charge in [-0.2, -0.15) is 0 Å². The number of carbonyl (C=O) groups excluding carboxylic acids is 1. The van der Waals surface area contributed by atoms with Gasteiger partial charge in [0.15, 0.2) is 0 Å². The van der Waals surface area contributed by atoms with Gasteiger partial charge in [-0.15, -0.1) is 0 Å². The third kappa shape index (κ3) is 16.4. The Bertz CT molecular complexity index is 210. The van der Waals surface area contributed by atoms with E-state index in [1.165, 1.54) is 0 Å². The van der Waals surface area contributed by atoms with Crippen LogP contribution < -0.4 is 5.32 Å². The van der Waals surface area contributed by atoms with Crippen LogP contribution in [-0.2, 0) is 32.0 Å². The minimum absolute atomic E-state index is 0. The van der Waals surface area contributed by atoms with Crippen molar-refractivity contribution >= 4 is 16.3 Å². The fourth-order valence-electron chi connectivity index (χ4n) is 0.565. The van der Waals surface area contributed by atoms with Gasteiger partial charge < -0.3 is 14.4 Å². The molecule has 1 rings (SSSR count). The maximum absolute atomic E-state index is 10.1. The third-order valence-electron chi connectivity index (χ3n) is 0.903. The normalized spacial score (nSPS) is 15.3. The summed E-state index contributed by atoms with van der Waals surface area (Å²) in [5.41, 5.74) is 0. The van der Waals surface area contributed by atoms with Gasteiger partial charge in [-0.1, -0.05) is 0 Å². The van der Waals surface area contributed by atoms with Gasteiger partial charge in [-0.25, -0.2) is 0 Å². The molecule has 0 aliphatic carbocycles. The molecule has 1 heterocycles. The van der Waals surface area contributed by atoms with Crippen molar-refractivity contribution < 1.29 is 39.1 Å². The first-order chi connectivity index (χ1) is 4.89. The largest absolute Gasteiger partial charge is 2.00 e. The summed E-state index contributed by atoms with van der Waals surface area (Å²) in [7, 11) is -5.17. The standard InChI is InChI=1S/C4H7NO.Co.H2O4S/c6-4-2-1-3-5-4;;1-5(2,3)4/h1-3H2,(H,5,6);;(H2,1,2,3,4)/q;+2;/p-2. The average molecular weight is 240 g/mol. The molecule has 0 atom stereocenters. The zero-order valence-corrected chi connectivity index (χ0v) is 7.76. The van der Waals surface area contributed by atoms with E-state index in [9.17, 15) is 4.79 Å². The zero-order valence-electron chi connectivity index (χ0n) is 5.90. The van der Waals surface area contributed by atoms with Gasteiger partial charge in [0.05, 0.1) is 0 Å². The first kappa shape index (κ1) is 14.4. The molecular formula is C4H7CoNO5S. The summed E-state index contributed by atoms with van der Waals surface area (Å²) in [6.45, 7) is 0.888. The van der Waals surface area contributed by atoms with Crippen molar-refractivity contribution in [1.29, 1.82) is 0 Å². The van der Waals surface area contributed by atoms with Crippen LogP contribution in [0.1, 0.15) is 12.8 Å². The van der Waals surface area contributed by atoms with Gasteiger partial charge in [0, 0.05) is 23.4 Å². The van der Waals surface area contributed by atoms with Crippen LogP contribution >= 0.6 is 0 Å². The molecule has 1 fully saturated rings. The molecule has 0 bridgehead atoms. The quantitative estimate of drug-likeness (QED) is 0.411. The van der Waals surface area contributed by atoms with Crippen LogP contribution in [0.4, 0.5) is 0 Å². The van der Waals surface area contributed by atoms with Gasteiger partial charge in [-0.05, 0) is 6.42 Å². The number of carbonyl (C=O) groups is 1.